The summed E-state index contributed by atoms with van der Waals surface area (Å²) in [6, 6.07) is 22.0. The third-order valence-corrected chi connectivity index (χ3v) is 4.05. The fourth-order valence-electron chi connectivity index (χ4n) is 2.82. The van der Waals surface area contributed by atoms with E-state index in [1.807, 2.05) is 67.8 Å². The lowest BCUT2D eigenvalue weighted by Gasteiger charge is -2.17. The topological polar surface area (TPSA) is 50.8 Å². The molecule has 0 N–H and O–H groups in total. The van der Waals surface area contributed by atoms with Crippen LogP contribution in [0, 0.1) is 11.3 Å². The fourth-order valence-corrected chi connectivity index (χ4v) is 2.82. The van der Waals surface area contributed by atoms with Gasteiger partial charge in [0.15, 0.2) is 0 Å². The average Bonchev–Trinajstić information content (AvgIpc) is 3.09. The van der Waals surface area contributed by atoms with E-state index in [0.717, 1.165) is 17.9 Å². The predicted octanol–water partition coefficient (Wildman–Crippen LogP) is 4.44. The van der Waals surface area contributed by atoms with Gasteiger partial charge in [0.2, 0.25) is 0 Å². The van der Waals surface area contributed by atoms with Crippen molar-refractivity contribution in [1.29, 1.82) is 5.26 Å². The van der Waals surface area contributed by atoms with Gasteiger partial charge in [-0.3, -0.25) is 0 Å². The predicted molar refractivity (Wildman–Crippen MR) is 102 cm³/mol. The molecule has 26 heavy (non-hydrogen) atoms. The van der Waals surface area contributed by atoms with Crippen molar-refractivity contribution in [2.24, 2.45) is 0 Å². The molecule has 1 heterocycles. The molecule has 2 aromatic carbocycles. The Hall–Kier alpha value is -3.32. The molecule has 3 rings (SSSR count). The minimum Gasteiger partial charge on any atom is -0.489 e. The SMILES string of the molecule is CC(Cc1nccn1Cc1ccccc1)O/C(=C\C#N)c1ccccc1. The third kappa shape index (κ3) is 4.61. The quantitative estimate of drug-likeness (QED) is 0.470. The van der Waals surface area contributed by atoms with Gasteiger partial charge >= 0.3 is 0 Å². The van der Waals surface area contributed by atoms with Gasteiger partial charge in [-0.15, -0.1) is 0 Å². The number of allylic oxidation sites excluding steroid dienone is 1. The first-order chi connectivity index (χ1) is 12.8. The number of aromatic nitrogens is 2. The van der Waals surface area contributed by atoms with Crippen LogP contribution in [0.1, 0.15) is 23.9 Å². The van der Waals surface area contributed by atoms with E-state index in [4.69, 9.17) is 10.00 Å². The van der Waals surface area contributed by atoms with Gasteiger partial charge in [-0.25, -0.2) is 4.98 Å². The number of ether oxygens (including phenoxy) is 1. The van der Waals surface area contributed by atoms with Crippen molar-refractivity contribution in [2.75, 3.05) is 0 Å². The second-order valence-electron chi connectivity index (χ2n) is 6.09. The maximum absolute atomic E-state index is 9.05. The van der Waals surface area contributed by atoms with E-state index in [-0.39, 0.29) is 6.10 Å². The van der Waals surface area contributed by atoms with Crippen LogP contribution in [-0.4, -0.2) is 15.7 Å². The first kappa shape index (κ1) is 17.5. The lowest BCUT2D eigenvalue weighted by Crippen LogP contribution is -2.15. The summed E-state index contributed by atoms with van der Waals surface area (Å²) in [7, 11) is 0. The Morgan fingerprint density at radius 2 is 1.85 bits per heavy atom. The van der Waals surface area contributed by atoms with E-state index in [9.17, 15) is 0 Å². The first-order valence-electron chi connectivity index (χ1n) is 8.62. The molecule has 0 aliphatic heterocycles. The largest absolute Gasteiger partial charge is 0.489 e. The second-order valence-corrected chi connectivity index (χ2v) is 6.09. The average molecular weight is 343 g/mol. The highest BCUT2D eigenvalue weighted by Gasteiger charge is 2.13. The molecule has 1 unspecified atom stereocenters. The number of imidazole rings is 1. The molecule has 0 bridgehead atoms. The zero-order valence-corrected chi connectivity index (χ0v) is 14.7. The minimum atomic E-state index is -0.105. The Labute approximate surface area is 154 Å². The summed E-state index contributed by atoms with van der Waals surface area (Å²) in [4.78, 5) is 4.48. The van der Waals surface area contributed by atoms with Gasteiger partial charge in [-0.2, -0.15) is 5.26 Å². The molecular formula is C22H21N3O. The molecule has 0 amide bonds. The van der Waals surface area contributed by atoms with Crippen LogP contribution in [-0.2, 0) is 17.7 Å². The molecule has 0 saturated heterocycles. The summed E-state index contributed by atoms with van der Waals surface area (Å²) in [5.74, 6) is 1.55. The molecule has 1 aromatic heterocycles. The molecule has 4 heteroatoms. The van der Waals surface area contributed by atoms with Crippen LogP contribution < -0.4 is 0 Å². The summed E-state index contributed by atoms with van der Waals surface area (Å²) in [5.41, 5.74) is 2.13. The molecule has 0 saturated carbocycles. The minimum absolute atomic E-state index is 0.105. The van der Waals surface area contributed by atoms with Gasteiger partial charge in [0, 0.05) is 30.9 Å². The monoisotopic (exact) mass is 343 g/mol. The zero-order valence-electron chi connectivity index (χ0n) is 14.7. The molecule has 3 aromatic rings. The van der Waals surface area contributed by atoms with E-state index < -0.39 is 0 Å². The van der Waals surface area contributed by atoms with E-state index in [2.05, 4.69) is 27.8 Å². The van der Waals surface area contributed by atoms with E-state index in [1.54, 1.807) is 0 Å². The third-order valence-electron chi connectivity index (χ3n) is 4.05. The van der Waals surface area contributed by atoms with Gasteiger partial charge in [0.1, 0.15) is 17.7 Å². The van der Waals surface area contributed by atoms with Crippen LogP contribution in [0.3, 0.4) is 0 Å². The smallest absolute Gasteiger partial charge is 0.137 e. The first-order valence-corrected chi connectivity index (χ1v) is 8.62. The fraction of sp³-hybridized carbons (Fsp3) is 0.182. The van der Waals surface area contributed by atoms with E-state index >= 15 is 0 Å². The summed E-state index contributed by atoms with van der Waals surface area (Å²) in [5, 5.41) is 9.05. The van der Waals surface area contributed by atoms with Crippen molar-refractivity contribution >= 4 is 5.76 Å². The Balaban J connectivity index is 1.69. The van der Waals surface area contributed by atoms with Crippen molar-refractivity contribution in [3.05, 3.63) is 96.1 Å². The molecule has 0 radical (unpaired) electrons. The summed E-state index contributed by atoms with van der Waals surface area (Å²) in [6.45, 7) is 2.78. The molecular weight excluding hydrogens is 322 g/mol. The summed E-state index contributed by atoms with van der Waals surface area (Å²) in [6.07, 6.45) is 5.80. The van der Waals surface area contributed by atoms with E-state index in [1.165, 1.54) is 11.6 Å². The Bertz CT molecular complexity index is 892. The number of benzene rings is 2. The molecule has 0 spiro atoms. The Kier molecular flexibility index (Phi) is 5.84. The summed E-state index contributed by atoms with van der Waals surface area (Å²) >= 11 is 0. The van der Waals surface area contributed by atoms with Crippen LogP contribution in [0.2, 0.25) is 0 Å². The van der Waals surface area contributed by atoms with Crippen LogP contribution in [0.4, 0.5) is 0 Å². The van der Waals surface area contributed by atoms with Crippen molar-refractivity contribution in [3.8, 4) is 6.07 Å². The number of hydrogen-bond acceptors (Lipinski definition) is 3. The maximum atomic E-state index is 9.05. The van der Waals surface area contributed by atoms with Crippen molar-refractivity contribution in [3.63, 3.8) is 0 Å². The number of hydrogen-bond donors (Lipinski definition) is 0. The molecule has 0 fully saturated rings. The van der Waals surface area contributed by atoms with Crippen LogP contribution in [0.15, 0.2) is 79.1 Å². The van der Waals surface area contributed by atoms with Gasteiger partial charge in [0.25, 0.3) is 0 Å². The normalized spacial score (nSPS) is 12.4. The molecule has 4 nitrogen and oxygen atoms in total. The molecule has 130 valence electrons. The van der Waals surface area contributed by atoms with Crippen molar-refractivity contribution in [2.45, 2.75) is 26.0 Å². The number of nitrogens with zero attached hydrogens (tertiary/aromatic N) is 3. The zero-order chi connectivity index (χ0) is 18.2. The standard InChI is InChI=1S/C22H21N3O/c1-18(26-21(12-13-23)20-10-6-3-7-11-20)16-22-24-14-15-25(22)17-19-8-4-2-5-9-19/h2-12,14-15,18H,16-17H2,1H3/b21-12-. The van der Waals surface area contributed by atoms with Gasteiger partial charge in [-0.05, 0) is 12.5 Å². The Morgan fingerprint density at radius 3 is 2.54 bits per heavy atom. The number of nitriles is 1. The maximum Gasteiger partial charge on any atom is 0.137 e. The lowest BCUT2D eigenvalue weighted by atomic mass is 10.1. The highest BCUT2D eigenvalue weighted by atomic mass is 16.5. The van der Waals surface area contributed by atoms with Crippen LogP contribution >= 0.6 is 0 Å². The van der Waals surface area contributed by atoms with Crippen LogP contribution in [0.25, 0.3) is 5.76 Å². The van der Waals surface area contributed by atoms with E-state index in [0.29, 0.717) is 12.2 Å². The van der Waals surface area contributed by atoms with Crippen LogP contribution in [0.5, 0.6) is 0 Å². The highest BCUT2D eigenvalue weighted by Crippen LogP contribution is 2.19. The van der Waals surface area contributed by atoms with Gasteiger partial charge in [-0.1, -0.05) is 60.7 Å². The highest BCUT2D eigenvalue weighted by molar-refractivity contribution is 5.61. The molecule has 0 aliphatic carbocycles. The van der Waals surface area contributed by atoms with Crippen molar-refractivity contribution in [1.82, 2.24) is 9.55 Å². The molecule has 1 atom stereocenters. The van der Waals surface area contributed by atoms with Crippen molar-refractivity contribution < 1.29 is 4.74 Å². The van der Waals surface area contributed by atoms with Gasteiger partial charge < -0.3 is 9.30 Å². The second kappa shape index (κ2) is 8.68. The Morgan fingerprint density at radius 1 is 1.15 bits per heavy atom. The lowest BCUT2D eigenvalue weighted by molar-refractivity contribution is 0.182. The molecule has 0 aliphatic rings. The number of rotatable bonds is 7. The summed E-state index contributed by atoms with van der Waals surface area (Å²) < 4.78 is 8.17. The van der Waals surface area contributed by atoms with Gasteiger partial charge in [0.05, 0.1) is 12.1 Å².